The van der Waals surface area contributed by atoms with E-state index in [0.717, 1.165) is 11.5 Å². The van der Waals surface area contributed by atoms with E-state index >= 15 is 0 Å². The third-order valence-corrected chi connectivity index (χ3v) is 4.22. The SMILES string of the molecule is Cc1nc2n(c1C)C(C)(C)N(C)c1ccccc1-2. The Labute approximate surface area is 108 Å². The third-order valence-electron chi connectivity index (χ3n) is 4.22. The molecule has 0 N–H and O–H groups in total. The average molecular weight is 241 g/mol. The molecule has 0 bridgehead atoms. The van der Waals surface area contributed by atoms with Gasteiger partial charge in [0.2, 0.25) is 0 Å². The van der Waals surface area contributed by atoms with Gasteiger partial charge in [0.1, 0.15) is 11.5 Å². The van der Waals surface area contributed by atoms with E-state index in [1.165, 1.54) is 16.9 Å². The van der Waals surface area contributed by atoms with Crippen LogP contribution in [0.15, 0.2) is 24.3 Å². The number of nitrogens with zero attached hydrogens (tertiary/aromatic N) is 3. The second-order valence-electron chi connectivity index (χ2n) is 5.51. The van der Waals surface area contributed by atoms with E-state index in [-0.39, 0.29) is 5.66 Å². The minimum absolute atomic E-state index is 0.0883. The first kappa shape index (κ1) is 11.3. The van der Waals surface area contributed by atoms with Crippen LogP contribution in [-0.4, -0.2) is 16.6 Å². The van der Waals surface area contributed by atoms with Crippen molar-refractivity contribution in [3.63, 3.8) is 0 Å². The second-order valence-corrected chi connectivity index (χ2v) is 5.51. The molecule has 0 fully saturated rings. The third kappa shape index (κ3) is 1.22. The van der Waals surface area contributed by atoms with Crippen molar-refractivity contribution in [1.82, 2.24) is 9.55 Å². The van der Waals surface area contributed by atoms with Gasteiger partial charge in [0.25, 0.3) is 0 Å². The van der Waals surface area contributed by atoms with Crippen molar-refractivity contribution in [3.8, 4) is 11.4 Å². The zero-order valence-electron chi connectivity index (χ0n) is 11.7. The summed E-state index contributed by atoms with van der Waals surface area (Å²) in [6.07, 6.45) is 0. The molecule has 0 saturated carbocycles. The predicted octanol–water partition coefficient (Wildman–Crippen LogP) is 3.31. The first-order chi connectivity index (χ1) is 8.44. The van der Waals surface area contributed by atoms with E-state index in [0.29, 0.717) is 0 Å². The molecule has 3 rings (SSSR count). The highest BCUT2D eigenvalue weighted by atomic mass is 15.4. The molecule has 2 heterocycles. The van der Waals surface area contributed by atoms with Gasteiger partial charge < -0.3 is 9.47 Å². The van der Waals surface area contributed by atoms with Crippen LogP contribution in [0.3, 0.4) is 0 Å². The number of hydrogen-bond acceptors (Lipinski definition) is 2. The van der Waals surface area contributed by atoms with Crippen LogP contribution in [0.5, 0.6) is 0 Å². The molecular formula is C15H19N3. The topological polar surface area (TPSA) is 21.1 Å². The quantitative estimate of drug-likeness (QED) is 0.705. The van der Waals surface area contributed by atoms with Gasteiger partial charge in [-0.25, -0.2) is 4.98 Å². The van der Waals surface area contributed by atoms with Crippen LogP contribution >= 0.6 is 0 Å². The maximum absolute atomic E-state index is 4.76. The Bertz CT molecular complexity index is 623. The summed E-state index contributed by atoms with van der Waals surface area (Å²) in [6, 6.07) is 8.48. The Morgan fingerprint density at radius 3 is 2.50 bits per heavy atom. The van der Waals surface area contributed by atoms with E-state index < -0.39 is 0 Å². The molecule has 0 atom stereocenters. The van der Waals surface area contributed by atoms with Crippen molar-refractivity contribution in [2.75, 3.05) is 11.9 Å². The fourth-order valence-corrected chi connectivity index (χ4v) is 2.86. The number of hydrogen-bond donors (Lipinski definition) is 0. The van der Waals surface area contributed by atoms with Gasteiger partial charge in [-0.3, -0.25) is 0 Å². The minimum atomic E-state index is -0.0883. The minimum Gasteiger partial charge on any atom is -0.351 e. The summed E-state index contributed by atoms with van der Waals surface area (Å²) in [7, 11) is 2.15. The van der Waals surface area contributed by atoms with Crippen molar-refractivity contribution < 1.29 is 0 Å². The lowest BCUT2D eigenvalue weighted by atomic mass is 10.0. The molecule has 0 aliphatic carbocycles. The van der Waals surface area contributed by atoms with Crippen LogP contribution in [0.2, 0.25) is 0 Å². The highest BCUT2D eigenvalue weighted by Gasteiger charge is 2.36. The summed E-state index contributed by atoms with van der Waals surface area (Å²) >= 11 is 0. The van der Waals surface area contributed by atoms with E-state index in [1.54, 1.807) is 0 Å². The molecule has 3 heteroatoms. The van der Waals surface area contributed by atoms with Crippen LogP contribution in [-0.2, 0) is 5.66 Å². The van der Waals surface area contributed by atoms with Crippen LogP contribution in [0.1, 0.15) is 25.2 Å². The fourth-order valence-electron chi connectivity index (χ4n) is 2.86. The van der Waals surface area contributed by atoms with E-state index in [4.69, 9.17) is 4.98 Å². The normalized spacial score (nSPS) is 16.4. The summed E-state index contributed by atoms with van der Waals surface area (Å²) in [5, 5.41) is 0. The van der Waals surface area contributed by atoms with Gasteiger partial charge in [0, 0.05) is 24.0 Å². The lowest BCUT2D eigenvalue weighted by Gasteiger charge is -2.44. The predicted molar refractivity (Wildman–Crippen MR) is 74.9 cm³/mol. The van der Waals surface area contributed by atoms with E-state index in [1.807, 2.05) is 0 Å². The number of fused-ring (bicyclic) bond motifs is 3. The van der Waals surface area contributed by atoms with Crippen LogP contribution in [0.4, 0.5) is 5.69 Å². The molecule has 94 valence electrons. The molecule has 0 radical (unpaired) electrons. The number of benzene rings is 1. The number of para-hydroxylation sites is 1. The smallest absolute Gasteiger partial charge is 0.144 e. The van der Waals surface area contributed by atoms with Gasteiger partial charge in [-0.1, -0.05) is 12.1 Å². The van der Waals surface area contributed by atoms with Crippen LogP contribution in [0, 0.1) is 13.8 Å². The maximum Gasteiger partial charge on any atom is 0.144 e. The summed E-state index contributed by atoms with van der Waals surface area (Å²) in [5.41, 5.74) is 4.74. The Morgan fingerprint density at radius 2 is 1.78 bits per heavy atom. The van der Waals surface area contributed by atoms with Crippen molar-refractivity contribution in [2.24, 2.45) is 0 Å². The molecule has 1 aliphatic rings. The monoisotopic (exact) mass is 241 g/mol. The molecule has 0 unspecified atom stereocenters. The van der Waals surface area contributed by atoms with Gasteiger partial charge in [-0.15, -0.1) is 0 Å². The Morgan fingerprint density at radius 1 is 1.11 bits per heavy atom. The summed E-state index contributed by atoms with van der Waals surface area (Å²) < 4.78 is 2.34. The number of rotatable bonds is 0. The summed E-state index contributed by atoms with van der Waals surface area (Å²) in [6.45, 7) is 8.70. The van der Waals surface area contributed by atoms with Crippen molar-refractivity contribution >= 4 is 5.69 Å². The molecule has 0 saturated heterocycles. The Balaban J connectivity index is 2.41. The number of imidazole rings is 1. The summed E-state index contributed by atoms with van der Waals surface area (Å²) in [4.78, 5) is 7.08. The highest BCUT2D eigenvalue weighted by Crippen LogP contribution is 2.42. The molecule has 2 aromatic rings. The molecule has 1 aromatic carbocycles. The molecule has 1 aliphatic heterocycles. The van der Waals surface area contributed by atoms with Crippen molar-refractivity contribution in [2.45, 2.75) is 33.4 Å². The number of aryl methyl sites for hydroxylation is 1. The molecule has 0 spiro atoms. The number of anilines is 1. The van der Waals surface area contributed by atoms with E-state index in [2.05, 4.69) is 68.5 Å². The van der Waals surface area contributed by atoms with Crippen molar-refractivity contribution in [3.05, 3.63) is 35.7 Å². The molecule has 1 aromatic heterocycles. The summed E-state index contributed by atoms with van der Waals surface area (Å²) in [5.74, 6) is 1.09. The van der Waals surface area contributed by atoms with E-state index in [9.17, 15) is 0 Å². The van der Waals surface area contributed by atoms with Crippen molar-refractivity contribution in [1.29, 1.82) is 0 Å². The van der Waals surface area contributed by atoms with Crippen LogP contribution < -0.4 is 4.90 Å². The Kier molecular flexibility index (Phi) is 2.12. The lowest BCUT2D eigenvalue weighted by Crippen LogP contribution is -2.47. The fraction of sp³-hybridized carbons (Fsp3) is 0.400. The number of aromatic nitrogens is 2. The van der Waals surface area contributed by atoms with Gasteiger partial charge >= 0.3 is 0 Å². The first-order valence-corrected chi connectivity index (χ1v) is 6.34. The zero-order valence-corrected chi connectivity index (χ0v) is 11.7. The zero-order chi connectivity index (χ0) is 13.1. The van der Waals surface area contributed by atoms with Gasteiger partial charge in [-0.2, -0.15) is 0 Å². The van der Waals surface area contributed by atoms with Gasteiger partial charge in [0.05, 0.1) is 5.69 Å². The van der Waals surface area contributed by atoms with Gasteiger partial charge in [0.15, 0.2) is 0 Å². The molecular weight excluding hydrogens is 222 g/mol. The lowest BCUT2D eigenvalue weighted by molar-refractivity contribution is 0.340. The molecule has 0 amide bonds. The molecule has 18 heavy (non-hydrogen) atoms. The largest absolute Gasteiger partial charge is 0.351 e. The maximum atomic E-state index is 4.76. The average Bonchev–Trinajstić information content (AvgIpc) is 2.64. The second kappa shape index (κ2) is 3.37. The highest BCUT2D eigenvalue weighted by molar-refractivity contribution is 5.78. The van der Waals surface area contributed by atoms with Crippen LogP contribution in [0.25, 0.3) is 11.4 Å². The Hall–Kier alpha value is -1.77. The molecule has 3 nitrogen and oxygen atoms in total. The standard InChI is InChI=1S/C15H19N3/c1-10-11(2)18-14(16-10)12-8-6-7-9-13(12)17(5)15(18,3)4/h6-9H,1-5H3. The first-order valence-electron chi connectivity index (χ1n) is 6.34. The van der Waals surface area contributed by atoms with Gasteiger partial charge in [-0.05, 0) is 39.8 Å².